The monoisotopic (exact) mass is 459 g/mol. The van der Waals surface area contributed by atoms with Crippen LogP contribution in [0.3, 0.4) is 0 Å². The molecule has 8 heteroatoms. The fraction of sp³-hybridized carbons (Fsp3) is 0.120. The molecule has 0 unspecified atom stereocenters. The Kier molecular flexibility index (Phi) is 6.28. The molecule has 4 rings (SSSR count). The van der Waals surface area contributed by atoms with Crippen LogP contribution in [-0.2, 0) is 10.0 Å². The second kappa shape index (κ2) is 9.30. The molecule has 0 radical (unpaired) electrons. The average Bonchev–Trinajstić information content (AvgIpc) is 2.77. The Morgan fingerprint density at radius 1 is 0.667 bits per heavy atom. The maximum absolute atomic E-state index is 12.7. The van der Waals surface area contributed by atoms with Crippen molar-refractivity contribution in [2.75, 3.05) is 15.4 Å². The van der Waals surface area contributed by atoms with Crippen LogP contribution < -0.4 is 15.4 Å². The summed E-state index contributed by atoms with van der Waals surface area (Å²) in [5.41, 5.74) is 4.92. The van der Waals surface area contributed by atoms with Gasteiger partial charge in [0.2, 0.25) is 5.95 Å². The lowest BCUT2D eigenvalue weighted by Gasteiger charge is -2.12. The molecule has 0 aliphatic carbocycles. The first kappa shape index (κ1) is 22.3. The Bertz CT molecular complexity index is 1370. The fourth-order valence-electron chi connectivity index (χ4n) is 3.20. The number of hydrogen-bond acceptors (Lipinski definition) is 6. The lowest BCUT2D eigenvalue weighted by molar-refractivity contribution is 0.601. The van der Waals surface area contributed by atoms with E-state index in [0.717, 1.165) is 28.2 Å². The lowest BCUT2D eigenvalue weighted by atomic mass is 10.1. The van der Waals surface area contributed by atoms with Crippen LogP contribution in [-0.4, -0.2) is 18.4 Å². The molecule has 3 aromatic carbocycles. The standard InChI is InChI=1S/C25H25N5O2S/c1-17-9-14-23(15-18(17)2)33(31,32)30-22-12-10-21(11-13-22)28-25-26-19(3)16-24(29-25)27-20-7-5-4-6-8-20/h4-16,30H,1-3H3,(H2,26,27,28,29). The molecule has 33 heavy (non-hydrogen) atoms. The number of para-hydroxylation sites is 1. The Balaban J connectivity index is 1.47. The number of hydrogen-bond donors (Lipinski definition) is 3. The van der Waals surface area contributed by atoms with Gasteiger partial charge in [0.05, 0.1) is 4.90 Å². The first-order valence-corrected chi connectivity index (χ1v) is 11.9. The molecule has 0 bridgehead atoms. The van der Waals surface area contributed by atoms with Gasteiger partial charge >= 0.3 is 0 Å². The van der Waals surface area contributed by atoms with Gasteiger partial charge in [-0.15, -0.1) is 0 Å². The summed E-state index contributed by atoms with van der Waals surface area (Å²) in [7, 11) is -3.67. The first-order valence-electron chi connectivity index (χ1n) is 10.4. The number of aryl methyl sites for hydroxylation is 3. The highest BCUT2D eigenvalue weighted by molar-refractivity contribution is 7.92. The summed E-state index contributed by atoms with van der Waals surface area (Å²) in [6.07, 6.45) is 0. The summed E-state index contributed by atoms with van der Waals surface area (Å²) in [4.78, 5) is 9.19. The van der Waals surface area contributed by atoms with Crippen molar-refractivity contribution in [2.45, 2.75) is 25.7 Å². The van der Waals surface area contributed by atoms with E-state index in [9.17, 15) is 8.42 Å². The molecule has 0 aliphatic rings. The maximum atomic E-state index is 12.7. The van der Waals surface area contributed by atoms with Gasteiger partial charge < -0.3 is 10.6 Å². The van der Waals surface area contributed by atoms with Crippen LogP contribution in [0.2, 0.25) is 0 Å². The van der Waals surface area contributed by atoms with Gasteiger partial charge in [-0.05, 0) is 80.4 Å². The van der Waals surface area contributed by atoms with E-state index in [1.807, 2.05) is 57.2 Å². The lowest BCUT2D eigenvalue weighted by Crippen LogP contribution is -2.13. The molecule has 168 valence electrons. The average molecular weight is 460 g/mol. The molecule has 0 aliphatic heterocycles. The highest BCUT2D eigenvalue weighted by Gasteiger charge is 2.15. The highest BCUT2D eigenvalue weighted by atomic mass is 32.2. The number of rotatable bonds is 7. The highest BCUT2D eigenvalue weighted by Crippen LogP contribution is 2.23. The first-order chi connectivity index (χ1) is 15.8. The van der Waals surface area contributed by atoms with Crippen LogP contribution in [0.5, 0.6) is 0 Å². The minimum absolute atomic E-state index is 0.236. The van der Waals surface area contributed by atoms with E-state index in [1.54, 1.807) is 42.5 Å². The molecule has 0 saturated heterocycles. The Hall–Kier alpha value is -3.91. The quantitative estimate of drug-likeness (QED) is 0.329. The minimum atomic E-state index is -3.67. The van der Waals surface area contributed by atoms with Crippen LogP contribution >= 0.6 is 0 Å². The van der Waals surface area contributed by atoms with Gasteiger partial charge in [-0.2, -0.15) is 4.98 Å². The summed E-state index contributed by atoms with van der Waals surface area (Å²) >= 11 is 0. The van der Waals surface area contributed by atoms with E-state index in [4.69, 9.17) is 0 Å². The summed E-state index contributed by atoms with van der Waals surface area (Å²) in [5, 5.41) is 6.43. The number of anilines is 5. The van der Waals surface area contributed by atoms with Crippen molar-refractivity contribution in [2.24, 2.45) is 0 Å². The van der Waals surface area contributed by atoms with E-state index >= 15 is 0 Å². The van der Waals surface area contributed by atoms with E-state index < -0.39 is 10.0 Å². The third kappa shape index (κ3) is 5.67. The van der Waals surface area contributed by atoms with Crippen molar-refractivity contribution in [3.63, 3.8) is 0 Å². The van der Waals surface area contributed by atoms with Gasteiger partial charge in [-0.25, -0.2) is 13.4 Å². The minimum Gasteiger partial charge on any atom is -0.340 e. The third-order valence-electron chi connectivity index (χ3n) is 5.08. The van der Waals surface area contributed by atoms with E-state index in [-0.39, 0.29) is 4.90 Å². The molecule has 0 amide bonds. The number of nitrogens with one attached hydrogen (secondary N) is 3. The van der Waals surface area contributed by atoms with Crippen molar-refractivity contribution in [1.29, 1.82) is 0 Å². The summed E-state index contributed by atoms with van der Waals surface area (Å²) < 4.78 is 28.0. The second-order valence-corrected chi connectivity index (χ2v) is 9.45. The summed E-state index contributed by atoms with van der Waals surface area (Å²) in [6, 6.07) is 23.7. The van der Waals surface area contributed by atoms with Gasteiger partial charge in [0.15, 0.2) is 0 Å². The van der Waals surface area contributed by atoms with Gasteiger partial charge in [-0.1, -0.05) is 24.3 Å². The Morgan fingerprint density at radius 2 is 1.33 bits per heavy atom. The molecule has 4 aromatic rings. The van der Waals surface area contributed by atoms with Crippen LogP contribution in [0.1, 0.15) is 16.8 Å². The van der Waals surface area contributed by atoms with E-state index in [2.05, 4.69) is 25.3 Å². The number of aromatic nitrogens is 2. The molecule has 3 N–H and O–H groups in total. The largest absolute Gasteiger partial charge is 0.340 e. The molecular formula is C25H25N5O2S. The Labute approximate surface area is 194 Å². The van der Waals surface area contributed by atoms with Crippen LogP contribution in [0, 0.1) is 20.8 Å². The van der Waals surface area contributed by atoms with Crippen molar-refractivity contribution in [1.82, 2.24) is 9.97 Å². The predicted molar refractivity (Wildman–Crippen MR) is 133 cm³/mol. The smallest absolute Gasteiger partial charge is 0.261 e. The maximum Gasteiger partial charge on any atom is 0.261 e. The van der Waals surface area contributed by atoms with E-state index in [0.29, 0.717) is 17.5 Å². The predicted octanol–water partition coefficient (Wildman–Crippen LogP) is 5.69. The van der Waals surface area contributed by atoms with Crippen molar-refractivity contribution < 1.29 is 8.42 Å². The van der Waals surface area contributed by atoms with Gasteiger partial charge in [0.1, 0.15) is 5.82 Å². The van der Waals surface area contributed by atoms with Crippen molar-refractivity contribution >= 4 is 38.9 Å². The number of nitrogens with zero attached hydrogens (tertiary/aromatic N) is 2. The number of benzene rings is 3. The van der Waals surface area contributed by atoms with Gasteiger partial charge in [0, 0.05) is 28.8 Å². The number of sulfonamides is 1. The molecule has 0 saturated carbocycles. The molecular weight excluding hydrogens is 434 g/mol. The molecule has 0 spiro atoms. The Morgan fingerprint density at radius 3 is 2.03 bits per heavy atom. The van der Waals surface area contributed by atoms with Crippen LogP contribution in [0.25, 0.3) is 0 Å². The molecule has 0 atom stereocenters. The molecule has 7 nitrogen and oxygen atoms in total. The van der Waals surface area contributed by atoms with Gasteiger partial charge in [-0.3, -0.25) is 4.72 Å². The van der Waals surface area contributed by atoms with E-state index in [1.165, 1.54) is 0 Å². The zero-order valence-corrected chi connectivity index (χ0v) is 19.4. The molecule has 0 fully saturated rings. The third-order valence-corrected chi connectivity index (χ3v) is 6.46. The topological polar surface area (TPSA) is 96.0 Å². The van der Waals surface area contributed by atoms with Gasteiger partial charge in [0.25, 0.3) is 10.0 Å². The normalized spacial score (nSPS) is 11.1. The fourth-order valence-corrected chi connectivity index (χ4v) is 4.35. The molecule has 1 aromatic heterocycles. The second-order valence-electron chi connectivity index (χ2n) is 7.76. The van der Waals surface area contributed by atoms with Crippen molar-refractivity contribution in [3.8, 4) is 0 Å². The summed E-state index contributed by atoms with van der Waals surface area (Å²) in [6.45, 7) is 5.74. The zero-order chi connectivity index (χ0) is 23.4. The van der Waals surface area contributed by atoms with Crippen LogP contribution in [0.4, 0.5) is 28.8 Å². The summed E-state index contributed by atoms with van der Waals surface area (Å²) in [5.74, 6) is 1.12. The van der Waals surface area contributed by atoms with Crippen molar-refractivity contribution in [3.05, 3.63) is 95.7 Å². The zero-order valence-electron chi connectivity index (χ0n) is 18.6. The van der Waals surface area contributed by atoms with Crippen LogP contribution in [0.15, 0.2) is 83.8 Å². The molecule has 1 heterocycles. The SMILES string of the molecule is Cc1cc(Nc2ccccc2)nc(Nc2ccc(NS(=O)(=O)c3ccc(C)c(C)c3)cc2)n1.